The molecule has 0 aromatic heterocycles. The van der Waals surface area contributed by atoms with Gasteiger partial charge in [0.1, 0.15) is 17.3 Å². The van der Waals surface area contributed by atoms with Crippen molar-refractivity contribution >= 4 is 11.8 Å². The number of hydrogen-bond donors (Lipinski definition) is 2. The van der Waals surface area contributed by atoms with Crippen LogP contribution in [0.5, 0.6) is 23.0 Å². The molecule has 0 fully saturated rings. The number of amides is 2. The molecule has 3 aromatic carbocycles. The van der Waals surface area contributed by atoms with Crippen molar-refractivity contribution in [3.05, 3.63) is 82.7 Å². The van der Waals surface area contributed by atoms with E-state index in [1.54, 1.807) is 18.1 Å². The Balaban J connectivity index is 1.61. The smallest absolute Gasteiger partial charge is 0.254 e. The number of ether oxygens (including phenoxy) is 3. The highest BCUT2D eigenvalue weighted by atomic mass is 19.1. The minimum Gasteiger partial charge on any atom is -0.493 e. The van der Waals surface area contributed by atoms with E-state index in [0.717, 1.165) is 16.7 Å². The Morgan fingerprint density at radius 2 is 1.97 bits per heavy atom. The summed E-state index contributed by atoms with van der Waals surface area (Å²) < 4.78 is 31.9. The van der Waals surface area contributed by atoms with Crippen molar-refractivity contribution in [2.75, 3.05) is 33.4 Å². The molecule has 0 saturated heterocycles. The first-order valence-electron chi connectivity index (χ1n) is 12.2. The quantitative estimate of drug-likeness (QED) is 0.552. The molecule has 2 amide bonds. The largest absolute Gasteiger partial charge is 0.493 e. The van der Waals surface area contributed by atoms with E-state index >= 15 is 0 Å². The summed E-state index contributed by atoms with van der Waals surface area (Å²) in [6, 6.07) is 15.0. The number of halogens is 1. The Morgan fingerprint density at radius 3 is 2.78 bits per heavy atom. The molecule has 3 aromatic rings. The fraction of sp³-hybridized carbons (Fsp3) is 0.286. The first-order chi connectivity index (χ1) is 18.0. The van der Waals surface area contributed by atoms with Gasteiger partial charge < -0.3 is 30.2 Å². The lowest BCUT2D eigenvalue weighted by Gasteiger charge is -2.38. The Hall–Kier alpha value is -4.11. The zero-order chi connectivity index (χ0) is 25.9. The average molecular weight is 506 g/mol. The maximum Gasteiger partial charge on any atom is 0.254 e. The normalized spacial score (nSPS) is 17.1. The van der Waals surface area contributed by atoms with E-state index in [4.69, 9.17) is 19.9 Å². The molecule has 0 aliphatic carbocycles. The van der Waals surface area contributed by atoms with Crippen molar-refractivity contribution in [1.82, 2.24) is 10.2 Å². The second-order valence-corrected chi connectivity index (χ2v) is 8.92. The van der Waals surface area contributed by atoms with Gasteiger partial charge in [-0.05, 0) is 72.0 Å². The second kappa shape index (κ2) is 10.5. The fourth-order valence-corrected chi connectivity index (χ4v) is 4.82. The van der Waals surface area contributed by atoms with Crippen molar-refractivity contribution in [3.63, 3.8) is 0 Å². The van der Waals surface area contributed by atoms with Gasteiger partial charge in [-0.2, -0.15) is 0 Å². The van der Waals surface area contributed by atoms with Gasteiger partial charge in [-0.1, -0.05) is 12.1 Å². The SMILES string of the molecule is COc1ccc2cc1OCCCNC(=O)c1cc(ccc1F)Oc1ccc3c(c1)CCN(C(=O)CN)C23. The van der Waals surface area contributed by atoms with Crippen molar-refractivity contribution in [3.8, 4) is 23.0 Å². The summed E-state index contributed by atoms with van der Waals surface area (Å²) in [6.45, 7) is 0.976. The minimum absolute atomic E-state index is 0.0921. The highest BCUT2D eigenvalue weighted by Gasteiger charge is 2.32. The first-order valence-corrected chi connectivity index (χ1v) is 12.2. The molecule has 1 unspecified atom stereocenters. The van der Waals surface area contributed by atoms with E-state index < -0.39 is 11.7 Å². The Kier molecular flexibility index (Phi) is 6.96. The van der Waals surface area contributed by atoms with Crippen molar-refractivity contribution in [2.45, 2.75) is 18.9 Å². The highest BCUT2D eigenvalue weighted by molar-refractivity contribution is 5.94. The highest BCUT2D eigenvalue weighted by Crippen LogP contribution is 2.40. The molecule has 9 heteroatoms. The Labute approximate surface area is 214 Å². The maximum atomic E-state index is 14.4. The lowest BCUT2D eigenvalue weighted by atomic mass is 9.87. The molecule has 8 nitrogen and oxygen atoms in total. The van der Waals surface area contributed by atoms with E-state index in [2.05, 4.69) is 5.32 Å². The van der Waals surface area contributed by atoms with Crippen LogP contribution in [-0.2, 0) is 11.2 Å². The first kappa shape index (κ1) is 24.6. The predicted octanol–water partition coefficient (Wildman–Crippen LogP) is 3.57. The van der Waals surface area contributed by atoms with Gasteiger partial charge in [-0.15, -0.1) is 0 Å². The van der Waals surface area contributed by atoms with Gasteiger partial charge in [-0.25, -0.2) is 4.39 Å². The standard InChI is InChI=1S/C28H28FN3O5/c1-35-24-8-3-18-14-25(24)36-12-2-10-31-28(34)22-15-20(5-7-23(22)29)37-19-4-6-21-17(13-19)9-11-32(27(18)21)26(33)16-30/h3-8,13-15,27H,2,9-12,16,30H2,1H3,(H,31,34). The molecule has 3 aliphatic heterocycles. The van der Waals surface area contributed by atoms with E-state index in [9.17, 15) is 14.0 Å². The average Bonchev–Trinajstić information content (AvgIpc) is 2.92. The van der Waals surface area contributed by atoms with Crippen LogP contribution in [0.1, 0.15) is 39.5 Å². The lowest BCUT2D eigenvalue weighted by molar-refractivity contribution is -0.131. The summed E-state index contributed by atoms with van der Waals surface area (Å²) in [7, 11) is 1.56. The molecule has 1 atom stereocenters. The third-order valence-corrected chi connectivity index (χ3v) is 6.62. The molecule has 0 spiro atoms. The van der Waals surface area contributed by atoms with Crippen LogP contribution in [0.3, 0.4) is 0 Å². The number of fused-ring (bicyclic) bond motifs is 6. The second-order valence-electron chi connectivity index (χ2n) is 8.92. The van der Waals surface area contributed by atoms with Gasteiger partial charge >= 0.3 is 0 Å². The van der Waals surface area contributed by atoms with E-state index in [-0.39, 0.29) is 30.6 Å². The van der Waals surface area contributed by atoms with Crippen LogP contribution in [0.15, 0.2) is 54.6 Å². The molecule has 6 rings (SSSR count). The van der Waals surface area contributed by atoms with Gasteiger partial charge in [0.25, 0.3) is 5.91 Å². The summed E-state index contributed by atoms with van der Waals surface area (Å²) >= 11 is 0. The number of methoxy groups -OCH3 is 1. The van der Waals surface area contributed by atoms with E-state index in [1.807, 2.05) is 30.3 Å². The van der Waals surface area contributed by atoms with Gasteiger partial charge in [-0.3, -0.25) is 9.59 Å². The number of nitrogens with one attached hydrogen (secondary N) is 1. The number of nitrogens with two attached hydrogens (primary N) is 1. The third-order valence-electron chi connectivity index (χ3n) is 6.62. The monoisotopic (exact) mass is 505 g/mol. The zero-order valence-corrected chi connectivity index (χ0v) is 20.5. The Bertz CT molecular complexity index is 1350. The van der Waals surface area contributed by atoms with Crippen LogP contribution in [-0.4, -0.2) is 50.1 Å². The molecule has 3 N–H and O–H groups in total. The molecular formula is C28H28FN3O5. The van der Waals surface area contributed by atoms with Crippen LogP contribution >= 0.6 is 0 Å². The summed E-state index contributed by atoms with van der Waals surface area (Å²) in [6.07, 6.45) is 1.11. The number of carbonyl (C=O) groups excluding carboxylic acids is 2. The van der Waals surface area contributed by atoms with E-state index in [1.165, 1.54) is 18.2 Å². The summed E-state index contributed by atoms with van der Waals surface area (Å²) in [5.41, 5.74) is 8.50. The van der Waals surface area contributed by atoms with Crippen molar-refractivity contribution in [1.29, 1.82) is 0 Å². The van der Waals surface area contributed by atoms with Crippen LogP contribution in [0, 0.1) is 5.82 Å². The number of hydrogen-bond acceptors (Lipinski definition) is 6. The van der Waals surface area contributed by atoms with Gasteiger partial charge in [0.15, 0.2) is 11.5 Å². The summed E-state index contributed by atoms with van der Waals surface area (Å²) in [5, 5.41) is 2.72. The summed E-state index contributed by atoms with van der Waals surface area (Å²) in [4.78, 5) is 27.2. The lowest BCUT2D eigenvalue weighted by Crippen LogP contribution is -2.43. The van der Waals surface area contributed by atoms with Crippen molar-refractivity contribution < 1.29 is 28.2 Å². The fourth-order valence-electron chi connectivity index (χ4n) is 4.82. The zero-order valence-electron chi connectivity index (χ0n) is 20.5. The number of rotatable bonds is 2. The Morgan fingerprint density at radius 1 is 1.16 bits per heavy atom. The van der Waals surface area contributed by atoms with Crippen LogP contribution < -0.4 is 25.3 Å². The molecule has 8 bridgehead atoms. The molecule has 37 heavy (non-hydrogen) atoms. The molecule has 3 aliphatic rings. The number of carbonyl (C=O) groups is 2. The number of nitrogens with zero attached hydrogens (tertiary/aromatic N) is 1. The van der Waals surface area contributed by atoms with Gasteiger partial charge in [0, 0.05) is 13.1 Å². The topological polar surface area (TPSA) is 103 Å². The number of benzene rings is 3. The van der Waals surface area contributed by atoms with Gasteiger partial charge in [0.05, 0.1) is 31.9 Å². The maximum absolute atomic E-state index is 14.4. The van der Waals surface area contributed by atoms with Gasteiger partial charge in [0.2, 0.25) is 5.91 Å². The van der Waals surface area contributed by atoms with Crippen LogP contribution in [0.25, 0.3) is 0 Å². The van der Waals surface area contributed by atoms with Crippen LogP contribution in [0.2, 0.25) is 0 Å². The molecule has 3 heterocycles. The molecule has 192 valence electrons. The molecule has 0 radical (unpaired) electrons. The predicted molar refractivity (Wildman–Crippen MR) is 135 cm³/mol. The van der Waals surface area contributed by atoms with Crippen molar-refractivity contribution in [2.24, 2.45) is 5.73 Å². The minimum atomic E-state index is -0.630. The van der Waals surface area contributed by atoms with E-state index in [0.29, 0.717) is 49.0 Å². The summed E-state index contributed by atoms with van der Waals surface area (Å²) in [5.74, 6) is 0.676. The molecule has 0 saturated carbocycles. The van der Waals surface area contributed by atoms with Crippen LogP contribution in [0.4, 0.5) is 4.39 Å². The third kappa shape index (κ3) is 4.95. The molecular weight excluding hydrogens is 477 g/mol.